The molecule has 0 saturated carbocycles. The number of carbonyl (C=O) groups excluding carboxylic acids is 1. The highest BCUT2D eigenvalue weighted by Crippen LogP contribution is 2.15. The van der Waals surface area contributed by atoms with E-state index in [1.165, 1.54) is 154 Å². The molecule has 0 aromatic carbocycles. The number of amides is 1. The Morgan fingerprint density at radius 3 is 1.22 bits per heavy atom. The van der Waals surface area contributed by atoms with Crippen molar-refractivity contribution in [1.82, 2.24) is 5.32 Å². The SMILES string of the molecule is CCCCCCCC/C=C\CCCCC(O)C(=O)NC(CO)C(O)/C=C/CC/C=C/CCCCCCCCCCCCCCCCCCCC. The van der Waals surface area contributed by atoms with Crippen LogP contribution in [0, 0.1) is 0 Å². The summed E-state index contributed by atoms with van der Waals surface area (Å²) in [6, 6.07) is -0.821. The lowest BCUT2D eigenvalue weighted by Crippen LogP contribution is -2.48. The fourth-order valence-corrected chi connectivity index (χ4v) is 6.49. The van der Waals surface area contributed by atoms with E-state index in [2.05, 4.69) is 43.5 Å². The minimum absolute atomic E-state index is 0.382. The van der Waals surface area contributed by atoms with Crippen molar-refractivity contribution in [3.63, 3.8) is 0 Å². The third-order valence-corrected chi connectivity index (χ3v) is 9.95. The van der Waals surface area contributed by atoms with Crippen molar-refractivity contribution in [3.8, 4) is 0 Å². The molecule has 0 rings (SSSR count). The van der Waals surface area contributed by atoms with Crippen LogP contribution in [0.5, 0.6) is 0 Å². The second-order valence-corrected chi connectivity index (χ2v) is 14.9. The lowest BCUT2D eigenvalue weighted by molar-refractivity contribution is -0.131. The van der Waals surface area contributed by atoms with Crippen LogP contribution in [0.4, 0.5) is 0 Å². The highest BCUT2D eigenvalue weighted by Gasteiger charge is 2.22. The number of hydrogen-bond acceptors (Lipinski definition) is 4. The molecule has 1 amide bonds. The third kappa shape index (κ3) is 35.0. The molecule has 3 atom stereocenters. The van der Waals surface area contributed by atoms with Crippen molar-refractivity contribution < 1.29 is 20.1 Å². The van der Waals surface area contributed by atoms with Crippen LogP contribution in [0.25, 0.3) is 0 Å². The summed E-state index contributed by atoms with van der Waals surface area (Å²) in [5.41, 5.74) is 0. The maximum Gasteiger partial charge on any atom is 0.249 e. The molecule has 0 radical (unpaired) electrons. The van der Waals surface area contributed by atoms with Crippen molar-refractivity contribution in [1.29, 1.82) is 0 Å². The molecule has 0 aromatic heterocycles. The first-order chi connectivity index (χ1) is 24.6. The van der Waals surface area contributed by atoms with Gasteiger partial charge in [0.25, 0.3) is 0 Å². The molecular formula is C45H85NO4. The quantitative estimate of drug-likeness (QED) is 0.0379. The highest BCUT2D eigenvalue weighted by atomic mass is 16.3. The highest BCUT2D eigenvalue weighted by molar-refractivity contribution is 5.80. The minimum atomic E-state index is -1.12. The molecule has 3 unspecified atom stereocenters. The van der Waals surface area contributed by atoms with Gasteiger partial charge in [-0.3, -0.25) is 4.79 Å². The molecule has 0 bridgehead atoms. The largest absolute Gasteiger partial charge is 0.394 e. The third-order valence-electron chi connectivity index (χ3n) is 9.95. The van der Waals surface area contributed by atoms with E-state index in [4.69, 9.17) is 0 Å². The Morgan fingerprint density at radius 1 is 0.480 bits per heavy atom. The van der Waals surface area contributed by atoms with Gasteiger partial charge in [0.05, 0.1) is 18.8 Å². The Labute approximate surface area is 311 Å². The van der Waals surface area contributed by atoms with Crippen molar-refractivity contribution in [2.24, 2.45) is 0 Å². The molecule has 4 N–H and O–H groups in total. The number of nitrogens with one attached hydrogen (secondary N) is 1. The van der Waals surface area contributed by atoms with Gasteiger partial charge < -0.3 is 20.6 Å². The maximum absolute atomic E-state index is 12.4. The number of allylic oxidation sites excluding steroid dienone is 5. The molecule has 0 aliphatic carbocycles. The Bertz CT molecular complexity index is 779. The Balaban J connectivity index is 3.69. The Morgan fingerprint density at radius 2 is 0.820 bits per heavy atom. The topological polar surface area (TPSA) is 89.8 Å². The van der Waals surface area contributed by atoms with Gasteiger partial charge in [0.1, 0.15) is 6.10 Å². The van der Waals surface area contributed by atoms with Gasteiger partial charge in [-0.1, -0.05) is 198 Å². The number of hydrogen-bond donors (Lipinski definition) is 4. The van der Waals surface area contributed by atoms with Gasteiger partial charge >= 0.3 is 0 Å². The summed E-state index contributed by atoms with van der Waals surface area (Å²) in [5.74, 6) is -0.530. The molecule has 0 aliphatic heterocycles. The zero-order valence-corrected chi connectivity index (χ0v) is 33.3. The number of aliphatic hydroxyl groups excluding tert-OH is 3. The molecule has 0 heterocycles. The van der Waals surface area contributed by atoms with Crippen LogP contribution in [0.15, 0.2) is 36.5 Å². The number of rotatable bonds is 39. The van der Waals surface area contributed by atoms with Gasteiger partial charge in [-0.25, -0.2) is 0 Å². The molecule has 0 fully saturated rings. The van der Waals surface area contributed by atoms with Crippen LogP contribution in [-0.2, 0) is 4.79 Å². The summed E-state index contributed by atoms with van der Waals surface area (Å²) in [6.07, 6.45) is 50.5. The second kappa shape index (κ2) is 40.3. The fourth-order valence-electron chi connectivity index (χ4n) is 6.49. The van der Waals surface area contributed by atoms with Crippen molar-refractivity contribution in [3.05, 3.63) is 36.5 Å². The van der Waals surface area contributed by atoms with Crippen LogP contribution in [-0.4, -0.2) is 46.1 Å². The van der Waals surface area contributed by atoms with E-state index in [-0.39, 0.29) is 6.61 Å². The van der Waals surface area contributed by atoms with Gasteiger partial charge in [-0.15, -0.1) is 0 Å². The van der Waals surface area contributed by atoms with E-state index in [1.54, 1.807) is 6.08 Å². The molecule has 0 aromatic rings. The standard InChI is InChI=1S/C45H85NO4/c1-3-5-7-9-11-13-15-17-18-19-20-21-22-23-24-25-26-27-28-30-31-33-35-37-39-43(48)42(41-47)46-45(50)44(49)40-38-36-34-32-29-16-14-12-10-8-6-4-2/h29-32,37,39,42-44,47-49H,3-28,33-36,38,40-41H2,1-2H3,(H,46,50)/b31-30+,32-29-,39-37+. The van der Waals surface area contributed by atoms with Gasteiger partial charge in [-0.05, 0) is 57.8 Å². The molecule has 50 heavy (non-hydrogen) atoms. The Kier molecular flexibility index (Phi) is 39.2. The van der Waals surface area contributed by atoms with Crippen molar-refractivity contribution >= 4 is 5.91 Å². The minimum Gasteiger partial charge on any atom is -0.394 e. The molecule has 0 saturated heterocycles. The number of carbonyl (C=O) groups is 1. The van der Waals surface area contributed by atoms with Gasteiger partial charge in [0.15, 0.2) is 0 Å². The van der Waals surface area contributed by atoms with Crippen LogP contribution in [0.2, 0.25) is 0 Å². The number of aliphatic hydroxyl groups is 3. The summed E-state index contributed by atoms with van der Waals surface area (Å²) < 4.78 is 0. The average molecular weight is 704 g/mol. The predicted octanol–water partition coefficient (Wildman–Crippen LogP) is 12.4. The second-order valence-electron chi connectivity index (χ2n) is 14.9. The molecule has 5 nitrogen and oxygen atoms in total. The van der Waals surface area contributed by atoms with Crippen LogP contribution >= 0.6 is 0 Å². The summed E-state index contributed by atoms with van der Waals surface area (Å²) in [4.78, 5) is 12.4. The van der Waals surface area contributed by atoms with Gasteiger partial charge in [0.2, 0.25) is 5.91 Å². The van der Waals surface area contributed by atoms with Crippen LogP contribution in [0.1, 0.15) is 219 Å². The van der Waals surface area contributed by atoms with E-state index in [1.807, 2.05) is 6.08 Å². The van der Waals surface area contributed by atoms with E-state index in [0.29, 0.717) is 6.42 Å². The van der Waals surface area contributed by atoms with E-state index in [9.17, 15) is 20.1 Å². The first-order valence-corrected chi connectivity index (χ1v) is 21.8. The Hall–Kier alpha value is -1.43. The van der Waals surface area contributed by atoms with E-state index >= 15 is 0 Å². The van der Waals surface area contributed by atoms with E-state index in [0.717, 1.165) is 44.9 Å². The molecule has 0 aliphatic rings. The van der Waals surface area contributed by atoms with Crippen molar-refractivity contribution in [2.45, 2.75) is 238 Å². The van der Waals surface area contributed by atoms with Gasteiger partial charge in [-0.2, -0.15) is 0 Å². The molecule has 294 valence electrons. The van der Waals surface area contributed by atoms with Crippen LogP contribution in [0.3, 0.4) is 0 Å². The maximum atomic E-state index is 12.4. The first kappa shape index (κ1) is 48.6. The fraction of sp³-hybridized carbons (Fsp3) is 0.844. The molecule has 0 spiro atoms. The van der Waals surface area contributed by atoms with Crippen LogP contribution < -0.4 is 5.32 Å². The average Bonchev–Trinajstić information content (AvgIpc) is 3.12. The first-order valence-electron chi connectivity index (χ1n) is 21.8. The zero-order valence-electron chi connectivity index (χ0n) is 33.3. The van der Waals surface area contributed by atoms with Crippen molar-refractivity contribution in [2.75, 3.05) is 6.61 Å². The smallest absolute Gasteiger partial charge is 0.249 e. The van der Waals surface area contributed by atoms with E-state index < -0.39 is 24.2 Å². The predicted molar refractivity (Wildman–Crippen MR) is 218 cm³/mol. The normalized spacial score (nSPS) is 13.9. The lowest BCUT2D eigenvalue weighted by Gasteiger charge is -2.21. The van der Waals surface area contributed by atoms with Gasteiger partial charge in [0, 0.05) is 0 Å². The molecular weight excluding hydrogens is 618 g/mol. The monoisotopic (exact) mass is 704 g/mol. The summed E-state index contributed by atoms with van der Waals surface area (Å²) in [6.45, 7) is 4.15. The lowest BCUT2D eigenvalue weighted by atomic mass is 10.0. The number of unbranched alkanes of at least 4 members (excludes halogenated alkanes) is 27. The molecule has 5 heteroatoms. The summed E-state index contributed by atoms with van der Waals surface area (Å²) >= 11 is 0. The zero-order chi connectivity index (χ0) is 36.6. The summed E-state index contributed by atoms with van der Waals surface area (Å²) in [5, 5.41) is 33.0. The summed E-state index contributed by atoms with van der Waals surface area (Å²) in [7, 11) is 0.